The molecule has 0 aromatic carbocycles. The van der Waals surface area contributed by atoms with Gasteiger partial charge in [0.1, 0.15) is 34.7 Å². The molecule has 3 aromatic heterocycles. The van der Waals surface area contributed by atoms with E-state index < -0.39 is 5.82 Å². The van der Waals surface area contributed by atoms with E-state index >= 15 is 4.39 Å². The van der Waals surface area contributed by atoms with Crippen molar-refractivity contribution in [1.82, 2.24) is 24.9 Å². The van der Waals surface area contributed by atoms with Crippen molar-refractivity contribution in [3.05, 3.63) is 35.4 Å². The number of methoxy groups -OCH3 is 1. The van der Waals surface area contributed by atoms with E-state index in [-0.39, 0.29) is 23.2 Å². The summed E-state index contributed by atoms with van der Waals surface area (Å²) >= 11 is 0. The second-order valence-corrected chi connectivity index (χ2v) is 7.76. The van der Waals surface area contributed by atoms with Gasteiger partial charge in [-0.15, -0.1) is 0 Å². The summed E-state index contributed by atoms with van der Waals surface area (Å²) in [6.45, 7) is 2.86. The number of imidazole rings is 1. The van der Waals surface area contributed by atoms with E-state index in [9.17, 15) is 5.26 Å². The fraction of sp³-hybridized carbons (Fsp3) is 0.429. The van der Waals surface area contributed by atoms with Gasteiger partial charge >= 0.3 is 0 Å². The highest BCUT2D eigenvalue weighted by Gasteiger charge is 2.28. The number of aromatic nitrogens is 4. The molecule has 0 spiro atoms. The van der Waals surface area contributed by atoms with Crippen molar-refractivity contribution >= 4 is 11.5 Å². The van der Waals surface area contributed by atoms with Crippen molar-refractivity contribution in [2.45, 2.75) is 24.8 Å². The van der Waals surface area contributed by atoms with Gasteiger partial charge in [0.2, 0.25) is 0 Å². The number of nitrogens with one attached hydrogen (secondary N) is 2. The summed E-state index contributed by atoms with van der Waals surface area (Å²) in [6, 6.07) is 5.15. The lowest BCUT2D eigenvalue weighted by molar-refractivity contribution is 0.00530. The van der Waals surface area contributed by atoms with Crippen LogP contribution >= 0.6 is 0 Å². The molecule has 2 fully saturated rings. The molecule has 0 amide bonds. The maximum Gasteiger partial charge on any atom is 0.157 e. The standard InChI is InChI=1S/C21H22FN7O2/c1-30-17-6-18-25-9-16(29(18)28-19(17)13-10-31-11-13)20-15(22)5-12(7-23)21(27-20)26-14-3-2-4-24-8-14/h5-6,9,13-14,24H,2-4,8,10-11H2,1H3,(H,26,27)/t14-/m0/s1. The zero-order valence-corrected chi connectivity index (χ0v) is 17.1. The van der Waals surface area contributed by atoms with Gasteiger partial charge in [0, 0.05) is 18.7 Å². The average Bonchev–Trinajstić information content (AvgIpc) is 3.16. The maximum atomic E-state index is 15.0. The largest absolute Gasteiger partial charge is 0.495 e. The highest BCUT2D eigenvalue weighted by atomic mass is 19.1. The first kappa shape index (κ1) is 19.7. The Morgan fingerprint density at radius 2 is 2.26 bits per heavy atom. The molecular weight excluding hydrogens is 401 g/mol. The average molecular weight is 423 g/mol. The molecule has 2 saturated heterocycles. The molecule has 3 aromatic rings. The molecule has 5 rings (SSSR count). The molecule has 9 nitrogen and oxygen atoms in total. The minimum absolute atomic E-state index is 0.0891. The van der Waals surface area contributed by atoms with Crippen LogP contribution in [0.5, 0.6) is 5.75 Å². The van der Waals surface area contributed by atoms with Gasteiger partial charge in [-0.1, -0.05) is 0 Å². The third kappa shape index (κ3) is 3.56. The Labute approximate surface area is 178 Å². The van der Waals surface area contributed by atoms with E-state index in [0.717, 1.165) is 31.6 Å². The number of hydrogen-bond acceptors (Lipinski definition) is 8. The second-order valence-electron chi connectivity index (χ2n) is 7.76. The van der Waals surface area contributed by atoms with Crippen LogP contribution in [0.3, 0.4) is 0 Å². The lowest BCUT2D eigenvalue weighted by Crippen LogP contribution is -2.38. The molecule has 31 heavy (non-hydrogen) atoms. The Balaban J connectivity index is 1.59. The maximum absolute atomic E-state index is 15.0. The Bertz CT molecular complexity index is 1160. The fourth-order valence-corrected chi connectivity index (χ4v) is 3.95. The number of halogens is 1. The number of nitriles is 1. The number of hydrogen-bond donors (Lipinski definition) is 2. The SMILES string of the molecule is COc1cc2ncc(-c3nc(N[C@H]4CCCNC4)c(C#N)cc3F)n2nc1C1COC1. The van der Waals surface area contributed by atoms with E-state index in [4.69, 9.17) is 9.47 Å². The first-order valence-electron chi connectivity index (χ1n) is 10.3. The normalized spacial score (nSPS) is 19.1. The number of fused-ring (bicyclic) bond motifs is 1. The number of rotatable bonds is 5. The smallest absolute Gasteiger partial charge is 0.157 e. The molecule has 0 bridgehead atoms. The number of ether oxygens (including phenoxy) is 2. The van der Waals surface area contributed by atoms with Gasteiger partial charge in [-0.3, -0.25) is 0 Å². The molecule has 2 N–H and O–H groups in total. The van der Waals surface area contributed by atoms with Gasteiger partial charge in [0.15, 0.2) is 11.5 Å². The highest BCUT2D eigenvalue weighted by Crippen LogP contribution is 2.33. The van der Waals surface area contributed by atoms with Crippen molar-refractivity contribution in [3.8, 4) is 23.2 Å². The van der Waals surface area contributed by atoms with Crippen LogP contribution in [0.25, 0.3) is 17.0 Å². The number of piperidine rings is 1. The predicted molar refractivity (Wildman–Crippen MR) is 111 cm³/mol. The molecule has 2 aliphatic rings. The van der Waals surface area contributed by atoms with Gasteiger partial charge in [-0.2, -0.15) is 10.4 Å². The molecular formula is C21H22FN7O2. The monoisotopic (exact) mass is 423 g/mol. The summed E-state index contributed by atoms with van der Waals surface area (Å²) in [6.07, 6.45) is 3.52. The van der Waals surface area contributed by atoms with Gasteiger partial charge < -0.3 is 20.1 Å². The summed E-state index contributed by atoms with van der Waals surface area (Å²) < 4.78 is 27.3. The molecule has 0 radical (unpaired) electrons. The number of anilines is 1. The Morgan fingerprint density at radius 3 is 2.94 bits per heavy atom. The summed E-state index contributed by atoms with van der Waals surface area (Å²) in [7, 11) is 1.58. The Hall–Kier alpha value is -3.29. The summed E-state index contributed by atoms with van der Waals surface area (Å²) in [5.74, 6) is 0.503. The summed E-state index contributed by atoms with van der Waals surface area (Å²) in [5, 5.41) is 20.8. The Morgan fingerprint density at radius 1 is 1.39 bits per heavy atom. The predicted octanol–water partition coefficient (Wildman–Crippen LogP) is 2.09. The van der Waals surface area contributed by atoms with Crippen LogP contribution in [0.2, 0.25) is 0 Å². The van der Waals surface area contributed by atoms with E-state index in [2.05, 4.69) is 25.7 Å². The first-order valence-corrected chi connectivity index (χ1v) is 10.3. The van der Waals surface area contributed by atoms with Crippen LogP contribution in [0.1, 0.15) is 30.0 Å². The van der Waals surface area contributed by atoms with Crippen LogP contribution in [-0.4, -0.2) is 59.0 Å². The van der Waals surface area contributed by atoms with Crippen LogP contribution < -0.4 is 15.4 Å². The van der Waals surface area contributed by atoms with Crippen molar-refractivity contribution < 1.29 is 13.9 Å². The first-order chi connectivity index (χ1) is 15.2. The lowest BCUT2D eigenvalue weighted by Gasteiger charge is -2.26. The second kappa shape index (κ2) is 8.09. The van der Waals surface area contributed by atoms with Gasteiger partial charge in [-0.25, -0.2) is 18.9 Å². The number of nitrogens with zero attached hydrogens (tertiary/aromatic N) is 5. The van der Waals surface area contributed by atoms with E-state index in [1.165, 1.54) is 12.3 Å². The van der Waals surface area contributed by atoms with Crippen molar-refractivity contribution in [1.29, 1.82) is 5.26 Å². The molecule has 0 unspecified atom stereocenters. The fourth-order valence-electron chi connectivity index (χ4n) is 3.95. The van der Waals surface area contributed by atoms with Crippen LogP contribution in [0.15, 0.2) is 18.3 Å². The van der Waals surface area contributed by atoms with Crippen molar-refractivity contribution in [2.24, 2.45) is 0 Å². The third-order valence-electron chi connectivity index (χ3n) is 5.71. The van der Waals surface area contributed by atoms with E-state index in [1.54, 1.807) is 17.7 Å². The van der Waals surface area contributed by atoms with Crippen LogP contribution in [0.4, 0.5) is 10.2 Å². The molecule has 5 heterocycles. The molecule has 10 heteroatoms. The van der Waals surface area contributed by atoms with Gasteiger partial charge in [0.25, 0.3) is 0 Å². The molecule has 0 aliphatic carbocycles. The molecule has 160 valence electrons. The Kier molecular flexibility index (Phi) is 5.13. The minimum atomic E-state index is -0.600. The van der Waals surface area contributed by atoms with Gasteiger partial charge in [0.05, 0.1) is 38.0 Å². The quantitative estimate of drug-likeness (QED) is 0.642. The third-order valence-corrected chi connectivity index (χ3v) is 5.71. The summed E-state index contributed by atoms with van der Waals surface area (Å²) in [4.78, 5) is 8.85. The topological polar surface area (TPSA) is 109 Å². The highest BCUT2D eigenvalue weighted by molar-refractivity contribution is 5.66. The number of pyridine rings is 1. The lowest BCUT2D eigenvalue weighted by atomic mass is 10.0. The van der Waals surface area contributed by atoms with Crippen molar-refractivity contribution in [2.75, 3.05) is 38.7 Å². The van der Waals surface area contributed by atoms with Crippen LogP contribution in [0, 0.1) is 17.1 Å². The molecule has 0 saturated carbocycles. The van der Waals surface area contributed by atoms with Gasteiger partial charge in [-0.05, 0) is 25.5 Å². The van der Waals surface area contributed by atoms with E-state index in [0.29, 0.717) is 36.1 Å². The summed E-state index contributed by atoms with van der Waals surface area (Å²) in [5.41, 5.74) is 1.92. The van der Waals surface area contributed by atoms with Crippen molar-refractivity contribution in [3.63, 3.8) is 0 Å². The van der Waals surface area contributed by atoms with Crippen LogP contribution in [-0.2, 0) is 4.74 Å². The zero-order chi connectivity index (χ0) is 21.4. The molecule has 1 atom stereocenters. The minimum Gasteiger partial charge on any atom is -0.495 e. The molecule has 2 aliphatic heterocycles. The zero-order valence-electron chi connectivity index (χ0n) is 17.1. The van der Waals surface area contributed by atoms with E-state index in [1.807, 2.05) is 6.07 Å².